The second kappa shape index (κ2) is 7.94. The number of nitrogens with zero attached hydrogens (tertiary/aromatic N) is 3. The second-order valence-electron chi connectivity index (χ2n) is 6.01. The minimum atomic E-state index is -0.604. The van der Waals surface area contributed by atoms with Crippen molar-refractivity contribution in [3.63, 3.8) is 0 Å². The van der Waals surface area contributed by atoms with Gasteiger partial charge in [0.05, 0.1) is 21.8 Å². The lowest BCUT2D eigenvalue weighted by Crippen LogP contribution is -2.39. The van der Waals surface area contributed by atoms with E-state index >= 15 is 0 Å². The number of hydrogen-bond acceptors (Lipinski definition) is 4. The van der Waals surface area contributed by atoms with Gasteiger partial charge in [-0.05, 0) is 30.7 Å². The van der Waals surface area contributed by atoms with E-state index in [2.05, 4.69) is 16.4 Å². The van der Waals surface area contributed by atoms with Crippen molar-refractivity contribution in [1.82, 2.24) is 4.98 Å². The fourth-order valence-electron chi connectivity index (χ4n) is 2.87. The maximum atomic E-state index is 11.8. The van der Waals surface area contributed by atoms with Gasteiger partial charge in [0.1, 0.15) is 11.9 Å². The van der Waals surface area contributed by atoms with E-state index in [-0.39, 0.29) is 6.54 Å². The molecule has 0 unspecified atom stereocenters. The van der Waals surface area contributed by atoms with Gasteiger partial charge in [0.2, 0.25) is 0 Å². The largest absolute Gasteiger partial charge is 0.367 e. The van der Waals surface area contributed by atoms with Crippen LogP contribution in [-0.2, 0) is 0 Å². The molecule has 3 aromatic rings. The first-order chi connectivity index (χ1) is 13.0. The van der Waals surface area contributed by atoms with Crippen molar-refractivity contribution >= 4 is 40.0 Å². The van der Waals surface area contributed by atoms with Gasteiger partial charge in [-0.25, -0.2) is 9.78 Å². The number of para-hydroxylation sites is 2. The van der Waals surface area contributed by atoms with E-state index in [4.69, 9.17) is 17.3 Å². The molecule has 0 aliphatic heterocycles. The lowest BCUT2D eigenvalue weighted by molar-refractivity contribution is 0.254. The summed E-state index contributed by atoms with van der Waals surface area (Å²) in [5.74, 6) is 0.475. The lowest BCUT2D eigenvalue weighted by atomic mass is 10.1. The molecule has 0 fully saturated rings. The molecule has 0 aliphatic rings. The number of fused-ring (bicyclic) bond motifs is 1. The summed E-state index contributed by atoms with van der Waals surface area (Å²) >= 11 is 6.16. The molecule has 0 radical (unpaired) electrons. The smallest absolute Gasteiger partial charge is 0.319 e. The summed E-state index contributed by atoms with van der Waals surface area (Å²) in [5, 5.41) is 13.9. The van der Waals surface area contributed by atoms with E-state index in [1.165, 1.54) is 4.90 Å². The molecule has 0 saturated carbocycles. The van der Waals surface area contributed by atoms with Gasteiger partial charge in [-0.2, -0.15) is 5.26 Å². The molecule has 7 heteroatoms. The highest BCUT2D eigenvalue weighted by Crippen LogP contribution is 2.25. The Morgan fingerprint density at radius 1 is 1.30 bits per heavy atom. The number of urea groups is 1. The van der Waals surface area contributed by atoms with E-state index in [1.54, 1.807) is 30.3 Å². The van der Waals surface area contributed by atoms with Gasteiger partial charge in [-0.3, -0.25) is 4.90 Å². The summed E-state index contributed by atoms with van der Waals surface area (Å²) < 4.78 is 0. The van der Waals surface area contributed by atoms with Crippen LogP contribution in [0, 0.1) is 18.3 Å². The molecule has 0 bridgehead atoms. The SMILES string of the molecule is Cc1cccc2cc(C#N)c(NCCN(C(N)=O)c3ccccc3Cl)nc12. The Bertz CT molecular complexity index is 1040. The maximum absolute atomic E-state index is 11.8. The first-order valence-electron chi connectivity index (χ1n) is 8.37. The number of primary amides is 1. The van der Waals surface area contributed by atoms with Crippen molar-refractivity contribution in [3.05, 3.63) is 64.7 Å². The Morgan fingerprint density at radius 3 is 2.78 bits per heavy atom. The number of nitrogens with one attached hydrogen (secondary N) is 1. The van der Waals surface area contributed by atoms with Gasteiger partial charge in [0.25, 0.3) is 0 Å². The zero-order valence-electron chi connectivity index (χ0n) is 14.7. The number of benzene rings is 2. The number of nitrogens with two attached hydrogens (primary N) is 1. The number of hydrogen-bond donors (Lipinski definition) is 2. The summed E-state index contributed by atoms with van der Waals surface area (Å²) in [6.45, 7) is 2.60. The molecule has 6 nitrogen and oxygen atoms in total. The lowest BCUT2D eigenvalue weighted by Gasteiger charge is -2.22. The van der Waals surface area contributed by atoms with Crippen molar-refractivity contribution < 1.29 is 4.79 Å². The van der Waals surface area contributed by atoms with Gasteiger partial charge < -0.3 is 11.1 Å². The minimum Gasteiger partial charge on any atom is -0.367 e. The molecule has 136 valence electrons. The number of anilines is 2. The molecule has 3 N–H and O–H groups in total. The molecule has 2 amide bonds. The highest BCUT2D eigenvalue weighted by molar-refractivity contribution is 6.33. The average Bonchev–Trinajstić information content (AvgIpc) is 2.66. The summed E-state index contributed by atoms with van der Waals surface area (Å²) in [5.41, 5.74) is 8.33. The number of nitriles is 1. The summed E-state index contributed by atoms with van der Waals surface area (Å²) in [7, 11) is 0. The molecule has 0 aliphatic carbocycles. The fourth-order valence-corrected chi connectivity index (χ4v) is 3.11. The van der Waals surface area contributed by atoms with Gasteiger partial charge >= 0.3 is 6.03 Å². The summed E-state index contributed by atoms with van der Waals surface area (Å²) in [6, 6.07) is 16.2. The molecule has 1 heterocycles. The standard InChI is InChI=1S/C20H18ClN5O/c1-13-5-4-6-14-11-15(12-22)19(25-18(13)14)24-9-10-26(20(23)27)17-8-3-2-7-16(17)21/h2-8,11H,9-10H2,1H3,(H2,23,27)(H,24,25). The van der Waals surface area contributed by atoms with Gasteiger partial charge in [-0.1, -0.05) is 41.9 Å². The number of rotatable bonds is 5. The maximum Gasteiger partial charge on any atom is 0.319 e. The Balaban J connectivity index is 1.82. The highest BCUT2D eigenvalue weighted by Gasteiger charge is 2.15. The Hall–Kier alpha value is -3.30. The summed E-state index contributed by atoms with van der Waals surface area (Å²) in [6.07, 6.45) is 0. The van der Waals surface area contributed by atoms with E-state index in [0.29, 0.717) is 28.6 Å². The number of carbonyl (C=O) groups excluding carboxylic acids is 1. The average molecular weight is 380 g/mol. The van der Waals surface area contributed by atoms with Crippen LogP contribution in [0.3, 0.4) is 0 Å². The molecule has 0 atom stereocenters. The van der Waals surface area contributed by atoms with Crippen LogP contribution in [-0.4, -0.2) is 24.1 Å². The number of halogens is 1. The van der Waals surface area contributed by atoms with E-state index in [9.17, 15) is 10.1 Å². The monoisotopic (exact) mass is 379 g/mol. The van der Waals surface area contributed by atoms with Crippen molar-refractivity contribution in [2.45, 2.75) is 6.92 Å². The topological polar surface area (TPSA) is 95.0 Å². The van der Waals surface area contributed by atoms with E-state index < -0.39 is 6.03 Å². The molecule has 0 spiro atoms. The van der Waals surface area contributed by atoms with Crippen molar-refractivity contribution in [3.8, 4) is 6.07 Å². The van der Waals surface area contributed by atoms with Gasteiger partial charge in [0.15, 0.2) is 0 Å². The van der Waals surface area contributed by atoms with Crippen LogP contribution < -0.4 is 16.0 Å². The quantitative estimate of drug-likeness (QED) is 0.698. The van der Waals surface area contributed by atoms with Crippen LogP contribution in [0.2, 0.25) is 5.02 Å². The Labute approximate surface area is 162 Å². The number of aryl methyl sites for hydroxylation is 1. The molecular formula is C20H18ClN5O. The third kappa shape index (κ3) is 3.94. The van der Waals surface area contributed by atoms with Crippen molar-refractivity contribution in [2.75, 3.05) is 23.3 Å². The number of pyridine rings is 1. The van der Waals surface area contributed by atoms with Crippen molar-refractivity contribution in [2.24, 2.45) is 5.73 Å². The number of amides is 2. The van der Waals surface area contributed by atoms with E-state index in [0.717, 1.165) is 16.5 Å². The first kappa shape index (κ1) is 18.5. The van der Waals surface area contributed by atoms with Gasteiger partial charge in [-0.15, -0.1) is 0 Å². The fraction of sp³-hybridized carbons (Fsp3) is 0.150. The van der Waals surface area contributed by atoms with Crippen LogP contribution in [0.5, 0.6) is 0 Å². The molecule has 27 heavy (non-hydrogen) atoms. The first-order valence-corrected chi connectivity index (χ1v) is 8.75. The van der Waals surface area contributed by atoms with Crippen LogP contribution in [0.4, 0.5) is 16.3 Å². The van der Waals surface area contributed by atoms with E-state index in [1.807, 2.05) is 25.1 Å². The number of aromatic nitrogens is 1. The van der Waals surface area contributed by atoms with Crippen LogP contribution in [0.25, 0.3) is 10.9 Å². The van der Waals surface area contributed by atoms with Crippen LogP contribution in [0.1, 0.15) is 11.1 Å². The molecule has 3 rings (SSSR count). The second-order valence-corrected chi connectivity index (χ2v) is 6.42. The predicted octanol–water partition coefficient (Wildman–Crippen LogP) is 4.07. The predicted molar refractivity (Wildman–Crippen MR) is 108 cm³/mol. The Morgan fingerprint density at radius 2 is 2.07 bits per heavy atom. The molecule has 0 saturated heterocycles. The molecule has 2 aromatic carbocycles. The molecule has 1 aromatic heterocycles. The Kier molecular flexibility index (Phi) is 5.43. The van der Waals surface area contributed by atoms with Crippen molar-refractivity contribution in [1.29, 1.82) is 5.26 Å². The molecular weight excluding hydrogens is 362 g/mol. The van der Waals surface area contributed by atoms with Crippen LogP contribution in [0.15, 0.2) is 48.5 Å². The zero-order chi connectivity index (χ0) is 19.4. The zero-order valence-corrected chi connectivity index (χ0v) is 15.5. The van der Waals surface area contributed by atoms with Crippen LogP contribution >= 0.6 is 11.6 Å². The third-order valence-corrected chi connectivity index (χ3v) is 4.52. The summed E-state index contributed by atoms with van der Waals surface area (Å²) in [4.78, 5) is 17.8. The number of carbonyl (C=O) groups is 1. The normalized spacial score (nSPS) is 10.4. The van der Waals surface area contributed by atoms with Gasteiger partial charge in [0, 0.05) is 18.5 Å². The third-order valence-electron chi connectivity index (χ3n) is 4.21. The minimum absolute atomic E-state index is 0.275. The highest BCUT2D eigenvalue weighted by atomic mass is 35.5.